The molecule has 1 amide bonds. The number of unbranched alkanes of at least 4 members (excludes halogenated alkanes) is 8. The van der Waals surface area contributed by atoms with Gasteiger partial charge in [-0.2, -0.15) is 8.42 Å². The second-order valence-electron chi connectivity index (χ2n) is 7.85. The minimum absolute atomic E-state index is 0. The maximum absolute atomic E-state index is 10.4. The van der Waals surface area contributed by atoms with Crippen LogP contribution >= 0.6 is 0 Å². The van der Waals surface area contributed by atoms with Crippen LogP contribution in [0, 0.1) is 0 Å². The van der Waals surface area contributed by atoms with E-state index in [0.717, 1.165) is 17.3 Å². The maximum Gasteiger partial charge on any atom is 0.397 e. The van der Waals surface area contributed by atoms with E-state index >= 15 is 0 Å². The predicted octanol–water partition coefficient (Wildman–Crippen LogP) is 4.87. The average molecular weight is 459 g/mol. The summed E-state index contributed by atoms with van der Waals surface area (Å²) in [6, 6.07) is 0. The molecule has 0 aromatic carbocycles. The van der Waals surface area contributed by atoms with E-state index in [1.54, 1.807) is 0 Å². The Labute approximate surface area is 187 Å². The SMILES string of the molecule is CCCCCCCCCCCC(N)=O.CCC[N+](C)(C)CC.CCOS(=O)(=O)O.N. The van der Waals surface area contributed by atoms with Crippen LogP contribution in [-0.2, 0) is 19.4 Å². The van der Waals surface area contributed by atoms with Gasteiger partial charge in [-0.1, -0.05) is 65.2 Å². The van der Waals surface area contributed by atoms with Gasteiger partial charge in [0.25, 0.3) is 0 Å². The highest BCUT2D eigenvalue weighted by atomic mass is 32.3. The van der Waals surface area contributed by atoms with Gasteiger partial charge in [-0.3, -0.25) is 9.35 Å². The maximum atomic E-state index is 10.4. The van der Waals surface area contributed by atoms with Crippen molar-refractivity contribution >= 4 is 16.3 Å². The van der Waals surface area contributed by atoms with Crippen LogP contribution in [0.15, 0.2) is 0 Å². The Kier molecular flexibility index (Phi) is 29.9. The normalized spacial score (nSPS) is 10.8. The first kappa shape index (κ1) is 36.6. The van der Waals surface area contributed by atoms with Crippen molar-refractivity contribution in [2.24, 2.45) is 5.73 Å². The van der Waals surface area contributed by atoms with E-state index in [9.17, 15) is 13.2 Å². The fourth-order valence-corrected chi connectivity index (χ4v) is 2.82. The first-order valence-electron chi connectivity index (χ1n) is 11.2. The third-order valence-corrected chi connectivity index (χ3v) is 5.01. The lowest BCUT2D eigenvalue weighted by atomic mass is 10.1. The third kappa shape index (κ3) is 41.6. The summed E-state index contributed by atoms with van der Waals surface area (Å²) in [6.07, 6.45) is 13.4. The summed E-state index contributed by atoms with van der Waals surface area (Å²) in [7, 11) is 0.361. The smallest absolute Gasteiger partial charge is 0.370 e. The molecule has 0 heterocycles. The molecule has 9 heteroatoms. The van der Waals surface area contributed by atoms with Crippen molar-refractivity contribution in [3.05, 3.63) is 0 Å². The summed E-state index contributed by atoms with van der Waals surface area (Å²) in [5, 5.41) is 0. The molecular formula is C21H52N3O5S+. The number of hydrogen-bond donors (Lipinski definition) is 3. The summed E-state index contributed by atoms with van der Waals surface area (Å²) in [5.74, 6) is -0.159. The van der Waals surface area contributed by atoms with E-state index in [1.807, 2.05) is 0 Å². The number of amides is 1. The molecule has 0 saturated carbocycles. The second kappa shape index (κ2) is 24.5. The fourth-order valence-electron chi connectivity index (χ4n) is 2.52. The molecule has 0 saturated heterocycles. The highest BCUT2D eigenvalue weighted by molar-refractivity contribution is 7.80. The Bertz CT molecular complexity index is 458. The van der Waals surface area contributed by atoms with Crippen LogP contribution < -0.4 is 11.9 Å². The Balaban J connectivity index is -0.000000181. The van der Waals surface area contributed by atoms with E-state index < -0.39 is 10.4 Å². The zero-order chi connectivity index (χ0) is 23.2. The number of hydrogen-bond acceptors (Lipinski definition) is 5. The summed E-state index contributed by atoms with van der Waals surface area (Å²) in [5.41, 5.74) is 5.05. The quantitative estimate of drug-likeness (QED) is 0.181. The third-order valence-electron chi connectivity index (χ3n) is 4.48. The molecule has 0 unspecified atom stereocenters. The van der Waals surface area contributed by atoms with E-state index in [4.69, 9.17) is 10.3 Å². The molecule has 0 spiro atoms. The van der Waals surface area contributed by atoms with Crippen LogP contribution in [0.25, 0.3) is 0 Å². The van der Waals surface area contributed by atoms with E-state index in [1.165, 1.54) is 71.4 Å². The molecule has 0 fully saturated rings. The lowest BCUT2D eigenvalue weighted by Gasteiger charge is -2.27. The monoisotopic (exact) mass is 458 g/mol. The first-order valence-corrected chi connectivity index (χ1v) is 12.5. The van der Waals surface area contributed by atoms with Crippen molar-refractivity contribution in [2.75, 3.05) is 33.8 Å². The molecule has 8 nitrogen and oxygen atoms in total. The molecule has 0 rings (SSSR count). The van der Waals surface area contributed by atoms with Gasteiger partial charge in [-0.25, -0.2) is 4.18 Å². The van der Waals surface area contributed by atoms with Gasteiger partial charge < -0.3 is 16.4 Å². The standard InChI is InChI=1S/C12H25NO.C7H18N.C2H6O4S.H3N/c1-2-3-4-5-6-7-8-9-10-11-12(13)14;1-5-7-8(3,4)6-2;1-2-6-7(3,4)5;/h2-11H2,1H3,(H2,13,14);5-7H2,1-4H3;2H2,1H3,(H,3,4,5);1H3/q;+1;;. The van der Waals surface area contributed by atoms with E-state index in [0.29, 0.717) is 6.42 Å². The van der Waals surface area contributed by atoms with Gasteiger partial charge >= 0.3 is 10.4 Å². The van der Waals surface area contributed by atoms with Crippen molar-refractivity contribution in [1.29, 1.82) is 0 Å². The summed E-state index contributed by atoms with van der Waals surface area (Å²) in [6.45, 7) is 10.7. The molecule has 6 N–H and O–H groups in total. The Hall–Kier alpha value is -0.740. The highest BCUT2D eigenvalue weighted by Crippen LogP contribution is 2.10. The summed E-state index contributed by atoms with van der Waals surface area (Å²) in [4.78, 5) is 10.4. The predicted molar refractivity (Wildman–Crippen MR) is 127 cm³/mol. The van der Waals surface area contributed by atoms with Crippen LogP contribution in [0.3, 0.4) is 0 Å². The zero-order valence-corrected chi connectivity index (χ0v) is 21.4. The van der Waals surface area contributed by atoms with Crippen molar-refractivity contribution in [3.8, 4) is 0 Å². The van der Waals surface area contributed by atoms with Gasteiger partial charge in [0.05, 0.1) is 33.8 Å². The molecule has 0 aliphatic rings. The molecule has 186 valence electrons. The molecule has 0 atom stereocenters. The molecule has 30 heavy (non-hydrogen) atoms. The van der Waals surface area contributed by atoms with Crippen molar-refractivity contribution in [3.63, 3.8) is 0 Å². The van der Waals surface area contributed by atoms with Crippen LogP contribution in [-0.4, -0.2) is 57.2 Å². The van der Waals surface area contributed by atoms with Crippen LogP contribution in [0.5, 0.6) is 0 Å². The number of nitrogens with two attached hydrogens (primary N) is 1. The van der Waals surface area contributed by atoms with Gasteiger partial charge in [0.1, 0.15) is 0 Å². The Morgan fingerprint density at radius 3 is 1.53 bits per heavy atom. The Morgan fingerprint density at radius 2 is 1.30 bits per heavy atom. The number of carbonyl (C=O) groups excluding carboxylic acids is 1. The zero-order valence-electron chi connectivity index (χ0n) is 20.6. The lowest BCUT2D eigenvalue weighted by molar-refractivity contribution is -0.888. The number of primary amides is 1. The van der Waals surface area contributed by atoms with E-state index in [2.05, 4.69) is 39.0 Å². The minimum Gasteiger partial charge on any atom is -0.370 e. The first-order chi connectivity index (χ1) is 13.5. The number of quaternary nitrogens is 1. The van der Waals surface area contributed by atoms with Gasteiger partial charge in [-0.15, -0.1) is 0 Å². The molecule has 0 bridgehead atoms. The lowest BCUT2D eigenvalue weighted by Crippen LogP contribution is -2.39. The number of rotatable bonds is 15. The summed E-state index contributed by atoms with van der Waals surface area (Å²) >= 11 is 0. The molecule has 0 aromatic heterocycles. The van der Waals surface area contributed by atoms with Crippen molar-refractivity contribution in [1.82, 2.24) is 6.15 Å². The molecular weight excluding hydrogens is 406 g/mol. The molecule has 0 aromatic rings. The van der Waals surface area contributed by atoms with Gasteiger partial charge in [0.2, 0.25) is 5.91 Å². The van der Waals surface area contributed by atoms with Gasteiger partial charge in [-0.05, 0) is 26.7 Å². The fraction of sp³-hybridized carbons (Fsp3) is 0.952. The number of carbonyl (C=O) groups is 1. The Morgan fingerprint density at radius 1 is 0.867 bits per heavy atom. The second-order valence-corrected chi connectivity index (χ2v) is 8.95. The largest absolute Gasteiger partial charge is 0.397 e. The highest BCUT2D eigenvalue weighted by Gasteiger charge is 2.07. The number of nitrogens with zero attached hydrogens (tertiary/aromatic N) is 1. The van der Waals surface area contributed by atoms with E-state index in [-0.39, 0.29) is 18.7 Å². The van der Waals surface area contributed by atoms with Crippen LogP contribution in [0.4, 0.5) is 0 Å². The molecule has 0 aliphatic carbocycles. The minimum atomic E-state index is -4.17. The van der Waals surface area contributed by atoms with Crippen molar-refractivity contribution < 1.29 is 26.4 Å². The van der Waals surface area contributed by atoms with Crippen LogP contribution in [0.2, 0.25) is 0 Å². The van der Waals surface area contributed by atoms with Crippen LogP contribution in [0.1, 0.15) is 98.3 Å². The summed E-state index contributed by atoms with van der Waals surface area (Å²) < 4.78 is 31.8. The average Bonchev–Trinajstić information content (AvgIpc) is 2.60. The molecule has 0 aliphatic heterocycles. The molecule has 0 radical (unpaired) electrons. The topological polar surface area (TPSA) is 142 Å². The van der Waals surface area contributed by atoms with Gasteiger partial charge in [0.15, 0.2) is 0 Å². The van der Waals surface area contributed by atoms with Gasteiger partial charge in [0, 0.05) is 6.42 Å². The van der Waals surface area contributed by atoms with Crippen molar-refractivity contribution in [2.45, 2.75) is 98.3 Å².